The molecule has 0 aliphatic rings. The maximum atomic E-state index is 12.4. The normalized spacial score (nSPS) is 11.7. The minimum Gasteiger partial charge on any atom is -0.480 e. The standard InChI is InChI=1S/C19H22N2O3/c1-11-8-9-15(18(20)22)16(10-11)24-14(4)19(23)21-17-12(2)6-5-7-13(17)3/h5-10,14H,1-4H3,(H2,20,22)(H,21,23). The van der Waals surface area contributed by atoms with Gasteiger partial charge in [-0.3, -0.25) is 9.59 Å². The van der Waals surface area contributed by atoms with Crippen LogP contribution in [0.1, 0.15) is 34.0 Å². The van der Waals surface area contributed by atoms with Crippen LogP contribution in [0, 0.1) is 20.8 Å². The SMILES string of the molecule is Cc1ccc(C(N)=O)c(OC(C)C(=O)Nc2c(C)cccc2C)c1. The summed E-state index contributed by atoms with van der Waals surface area (Å²) < 4.78 is 5.69. The summed E-state index contributed by atoms with van der Waals surface area (Å²) in [6.07, 6.45) is -0.774. The van der Waals surface area contributed by atoms with Crippen LogP contribution in [0.5, 0.6) is 5.75 Å². The molecule has 0 aliphatic carbocycles. The fourth-order valence-electron chi connectivity index (χ4n) is 2.41. The van der Waals surface area contributed by atoms with Crippen LogP contribution in [-0.4, -0.2) is 17.9 Å². The summed E-state index contributed by atoms with van der Waals surface area (Å²) in [7, 11) is 0. The Hall–Kier alpha value is -2.82. The van der Waals surface area contributed by atoms with Crippen LogP contribution in [0.4, 0.5) is 5.69 Å². The van der Waals surface area contributed by atoms with E-state index >= 15 is 0 Å². The van der Waals surface area contributed by atoms with Gasteiger partial charge in [-0.2, -0.15) is 0 Å². The summed E-state index contributed by atoms with van der Waals surface area (Å²) in [6.45, 7) is 7.37. The molecule has 0 fully saturated rings. The molecule has 3 N–H and O–H groups in total. The molecule has 5 nitrogen and oxygen atoms in total. The van der Waals surface area contributed by atoms with E-state index < -0.39 is 12.0 Å². The molecule has 24 heavy (non-hydrogen) atoms. The highest BCUT2D eigenvalue weighted by molar-refractivity contribution is 5.97. The van der Waals surface area contributed by atoms with Gasteiger partial charge in [-0.1, -0.05) is 24.3 Å². The van der Waals surface area contributed by atoms with Gasteiger partial charge >= 0.3 is 0 Å². The molecule has 0 aromatic heterocycles. The first-order valence-electron chi connectivity index (χ1n) is 7.73. The minimum atomic E-state index is -0.774. The molecular formula is C19H22N2O3. The van der Waals surface area contributed by atoms with Crippen LogP contribution < -0.4 is 15.8 Å². The van der Waals surface area contributed by atoms with E-state index in [0.29, 0.717) is 5.75 Å². The number of amides is 2. The Balaban J connectivity index is 2.18. The lowest BCUT2D eigenvalue weighted by molar-refractivity contribution is -0.122. The number of aryl methyl sites for hydroxylation is 3. The van der Waals surface area contributed by atoms with E-state index in [0.717, 1.165) is 22.4 Å². The monoisotopic (exact) mass is 326 g/mol. The van der Waals surface area contributed by atoms with Gasteiger partial charge in [0.05, 0.1) is 5.56 Å². The number of carbonyl (C=O) groups is 2. The molecule has 5 heteroatoms. The number of para-hydroxylation sites is 1. The van der Waals surface area contributed by atoms with Gasteiger partial charge in [-0.25, -0.2) is 0 Å². The number of hydrogen-bond acceptors (Lipinski definition) is 3. The van der Waals surface area contributed by atoms with Gasteiger partial charge in [0.1, 0.15) is 5.75 Å². The van der Waals surface area contributed by atoms with Crippen molar-refractivity contribution in [2.45, 2.75) is 33.8 Å². The van der Waals surface area contributed by atoms with Gasteiger partial charge in [0, 0.05) is 5.69 Å². The fourth-order valence-corrected chi connectivity index (χ4v) is 2.41. The van der Waals surface area contributed by atoms with Gasteiger partial charge in [-0.05, 0) is 56.5 Å². The van der Waals surface area contributed by atoms with E-state index in [9.17, 15) is 9.59 Å². The van der Waals surface area contributed by atoms with Gasteiger partial charge in [-0.15, -0.1) is 0 Å². The summed E-state index contributed by atoms with van der Waals surface area (Å²) in [5.41, 5.74) is 9.26. The largest absolute Gasteiger partial charge is 0.480 e. The van der Waals surface area contributed by atoms with Crippen molar-refractivity contribution in [1.29, 1.82) is 0 Å². The lowest BCUT2D eigenvalue weighted by Gasteiger charge is -2.18. The van der Waals surface area contributed by atoms with Crippen molar-refractivity contribution in [1.82, 2.24) is 0 Å². The molecule has 2 aromatic rings. The van der Waals surface area contributed by atoms with Crippen LogP contribution >= 0.6 is 0 Å². The number of nitrogens with two attached hydrogens (primary N) is 1. The molecule has 2 amide bonds. The van der Waals surface area contributed by atoms with Gasteiger partial charge < -0.3 is 15.8 Å². The molecule has 0 heterocycles. The van der Waals surface area contributed by atoms with E-state index in [2.05, 4.69) is 5.32 Å². The first-order valence-corrected chi connectivity index (χ1v) is 7.73. The number of hydrogen-bond donors (Lipinski definition) is 2. The quantitative estimate of drug-likeness (QED) is 0.886. The van der Waals surface area contributed by atoms with Crippen LogP contribution in [0.2, 0.25) is 0 Å². The van der Waals surface area contributed by atoms with Gasteiger partial charge in [0.15, 0.2) is 6.10 Å². The molecule has 0 radical (unpaired) electrons. The van der Waals surface area contributed by atoms with Gasteiger partial charge in [0.25, 0.3) is 11.8 Å². The van der Waals surface area contributed by atoms with E-state index in [1.807, 2.05) is 39.0 Å². The molecule has 2 aromatic carbocycles. The number of primary amides is 1. The van der Waals surface area contributed by atoms with Crippen LogP contribution in [-0.2, 0) is 4.79 Å². The van der Waals surface area contributed by atoms with Crippen molar-refractivity contribution in [3.63, 3.8) is 0 Å². The zero-order chi connectivity index (χ0) is 17.9. The topological polar surface area (TPSA) is 81.4 Å². The summed E-state index contributed by atoms with van der Waals surface area (Å²) in [5, 5.41) is 2.88. The molecular weight excluding hydrogens is 304 g/mol. The lowest BCUT2D eigenvalue weighted by atomic mass is 10.1. The second-order valence-electron chi connectivity index (χ2n) is 5.88. The van der Waals surface area contributed by atoms with Crippen molar-refractivity contribution in [3.8, 4) is 5.75 Å². The number of benzene rings is 2. The third-order valence-corrected chi connectivity index (χ3v) is 3.80. The maximum Gasteiger partial charge on any atom is 0.265 e. The highest BCUT2D eigenvalue weighted by Crippen LogP contribution is 2.23. The first-order chi connectivity index (χ1) is 11.3. The Bertz CT molecular complexity index is 764. The molecule has 0 saturated carbocycles. The van der Waals surface area contributed by atoms with Crippen molar-refractivity contribution in [3.05, 3.63) is 58.7 Å². The third-order valence-electron chi connectivity index (χ3n) is 3.80. The summed E-state index contributed by atoms with van der Waals surface area (Å²) >= 11 is 0. The molecule has 126 valence electrons. The van der Waals surface area contributed by atoms with Crippen molar-refractivity contribution in [2.24, 2.45) is 5.73 Å². The molecule has 0 saturated heterocycles. The van der Waals surface area contributed by atoms with Crippen LogP contribution in [0.25, 0.3) is 0 Å². The van der Waals surface area contributed by atoms with Crippen LogP contribution in [0.3, 0.4) is 0 Å². The first kappa shape index (κ1) is 17.5. The Kier molecular flexibility index (Phi) is 5.24. The maximum absolute atomic E-state index is 12.4. The second-order valence-corrected chi connectivity index (χ2v) is 5.88. The highest BCUT2D eigenvalue weighted by Gasteiger charge is 2.19. The summed E-state index contributed by atoms with van der Waals surface area (Å²) in [6, 6.07) is 10.9. The number of ether oxygens (including phenoxy) is 1. The van der Waals surface area contributed by atoms with E-state index in [1.165, 1.54) is 0 Å². The Morgan fingerprint density at radius 3 is 2.29 bits per heavy atom. The average molecular weight is 326 g/mol. The van der Waals surface area contributed by atoms with E-state index in [1.54, 1.807) is 25.1 Å². The molecule has 2 rings (SSSR count). The Labute approximate surface area is 141 Å². The zero-order valence-electron chi connectivity index (χ0n) is 14.3. The number of carbonyl (C=O) groups excluding carboxylic acids is 2. The van der Waals surface area contributed by atoms with E-state index in [4.69, 9.17) is 10.5 Å². The third kappa shape index (κ3) is 3.93. The summed E-state index contributed by atoms with van der Waals surface area (Å²) in [5.74, 6) is -0.566. The predicted molar refractivity (Wildman–Crippen MR) is 94.3 cm³/mol. The number of rotatable bonds is 5. The van der Waals surface area contributed by atoms with Crippen molar-refractivity contribution in [2.75, 3.05) is 5.32 Å². The zero-order valence-corrected chi connectivity index (χ0v) is 14.3. The van der Waals surface area contributed by atoms with E-state index in [-0.39, 0.29) is 11.5 Å². The molecule has 0 bridgehead atoms. The Morgan fingerprint density at radius 1 is 1.08 bits per heavy atom. The average Bonchev–Trinajstić information content (AvgIpc) is 2.50. The predicted octanol–water partition coefficient (Wildman–Crippen LogP) is 3.12. The lowest BCUT2D eigenvalue weighted by Crippen LogP contribution is -2.31. The minimum absolute atomic E-state index is 0.257. The second kappa shape index (κ2) is 7.17. The number of nitrogens with one attached hydrogen (secondary N) is 1. The molecule has 1 unspecified atom stereocenters. The summed E-state index contributed by atoms with van der Waals surface area (Å²) in [4.78, 5) is 23.9. The molecule has 0 aliphatic heterocycles. The van der Waals surface area contributed by atoms with Crippen molar-refractivity contribution < 1.29 is 14.3 Å². The fraction of sp³-hybridized carbons (Fsp3) is 0.263. The number of anilines is 1. The van der Waals surface area contributed by atoms with Crippen molar-refractivity contribution >= 4 is 17.5 Å². The van der Waals surface area contributed by atoms with Gasteiger partial charge in [0.2, 0.25) is 0 Å². The smallest absolute Gasteiger partial charge is 0.265 e. The van der Waals surface area contributed by atoms with Crippen LogP contribution in [0.15, 0.2) is 36.4 Å². The molecule has 1 atom stereocenters. The Morgan fingerprint density at radius 2 is 1.71 bits per heavy atom. The highest BCUT2D eigenvalue weighted by atomic mass is 16.5. The molecule has 0 spiro atoms.